The molecule has 0 bridgehead atoms. The Morgan fingerprint density at radius 3 is 2.92 bits per heavy atom. The van der Waals surface area contributed by atoms with Crippen molar-refractivity contribution in [3.8, 4) is 0 Å². The third-order valence-corrected chi connectivity index (χ3v) is 5.01. The highest BCUT2D eigenvalue weighted by molar-refractivity contribution is 5.57. The molecule has 3 heterocycles. The van der Waals surface area contributed by atoms with Gasteiger partial charge in [0.25, 0.3) is 5.56 Å². The monoisotopic (exact) mass is 325 g/mol. The molecule has 0 aliphatic carbocycles. The molecule has 0 fully saturated rings. The third-order valence-electron chi connectivity index (χ3n) is 5.01. The Balaban J connectivity index is 1.52. The van der Waals surface area contributed by atoms with E-state index in [-0.39, 0.29) is 5.56 Å². The molecule has 6 heteroatoms. The summed E-state index contributed by atoms with van der Waals surface area (Å²) in [5, 5.41) is 11.4. The number of fused-ring (bicyclic) bond motifs is 2. The molecule has 0 atom stereocenters. The Hall–Kier alpha value is -2.37. The summed E-state index contributed by atoms with van der Waals surface area (Å²) in [6.07, 6.45) is 4.16. The van der Waals surface area contributed by atoms with Crippen LogP contribution in [0.4, 0.5) is 11.5 Å². The molecule has 2 aromatic rings. The molecule has 0 radical (unpaired) electrons. The lowest BCUT2D eigenvalue weighted by Crippen LogP contribution is -2.29. The van der Waals surface area contributed by atoms with E-state index in [4.69, 9.17) is 0 Å². The van der Waals surface area contributed by atoms with Gasteiger partial charge >= 0.3 is 0 Å². The SMILES string of the molecule is CCN1CCCc2cc(CNc3nnc4n(c3=O)CCC4)ccc21. The highest BCUT2D eigenvalue weighted by Crippen LogP contribution is 2.27. The number of aromatic nitrogens is 3. The van der Waals surface area contributed by atoms with Gasteiger partial charge in [0.05, 0.1) is 0 Å². The fourth-order valence-electron chi connectivity index (χ4n) is 3.72. The van der Waals surface area contributed by atoms with Gasteiger partial charge in [0.1, 0.15) is 5.82 Å². The van der Waals surface area contributed by atoms with Crippen molar-refractivity contribution in [2.45, 2.75) is 45.7 Å². The molecular weight excluding hydrogens is 302 g/mol. The van der Waals surface area contributed by atoms with E-state index in [0.717, 1.165) is 44.7 Å². The number of rotatable bonds is 4. The molecule has 0 spiro atoms. The van der Waals surface area contributed by atoms with E-state index < -0.39 is 0 Å². The minimum atomic E-state index is -0.0485. The van der Waals surface area contributed by atoms with Crippen molar-refractivity contribution < 1.29 is 0 Å². The summed E-state index contributed by atoms with van der Waals surface area (Å²) in [5.41, 5.74) is 3.88. The lowest BCUT2D eigenvalue weighted by molar-refractivity contribution is 0.693. The van der Waals surface area contributed by atoms with Gasteiger partial charge in [-0.3, -0.25) is 9.36 Å². The minimum Gasteiger partial charge on any atom is -0.372 e. The fourth-order valence-corrected chi connectivity index (χ4v) is 3.72. The number of aryl methyl sites for hydroxylation is 2. The second kappa shape index (κ2) is 6.26. The Bertz CT molecular complexity index is 814. The summed E-state index contributed by atoms with van der Waals surface area (Å²) < 4.78 is 1.74. The van der Waals surface area contributed by atoms with Crippen LogP contribution in [0, 0.1) is 0 Å². The highest BCUT2D eigenvalue weighted by atomic mass is 16.1. The lowest BCUT2D eigenvalue weighted by Gasteiger charge is -2.30. The Morgan fingerprint density at radius 1 is 1.17 bits per heavy atom. The topological polar surface area (TPSA) is 63.0 Å². The molecule has 0 unspecified atom stereocenters. The largest absolute Gasteiger partial charge is 0.372 e. The van der Waals surface area contributed by atoms with E-state index in [9.17, 15) is 4.79 Å². The van der Waals surface area contributed by atoms with Crippen LogP contribution in [0.3, 0.4) is 0 Å². The standard InChI is InChI=1S/C18H23N5O/c1-2-22-9-3-5-14-11-13(7-8-15(14)22)12-19-17-18(24)23-10-4-6-16(23)20-21-17/h7-8,11H,2-6,9-10,12H2,1H3,(H,19,21). The predicted molar refractivity (Wildman–Crippen MR) is 94.6 cm³/mol. The molecule has 6 nitrogen and oxygen atoms in total. The number of hydrogen-bond acceptors (Lipinski definition) is 5. The Labute approximate surface area is 141 Å². The van der Waals surface area contributed by atoms with Gasteiger partial charge < -0.3 is 10.2 Å². The first kappa shape index (κ1) is 15.2. The van der Waals surface area contributed by atoms with E-state index in [2.05, 4.69) is 45.5 Å². The molecule has 1 N–H and O–H groups in total. The van der Waals surface area contributed by atoms with Gasteiger partial charge in [-0.1, -0.05) is 12.1 Å². The van der Waals surface area contributed by atoms with Crippen molar-refractivity contribution in [3.05, 3.63) is 45.5 Å². The van der Waals surface area contributed by atoms with Gasteiger partial charge in [0.2, 0.25) is 5.82 Å². The van der Waals surface area contributed by atoms with Crippen LogP contribution in [-0.2, 0) is 25.9 Å². The van der Waals surface area contributed by atoms with E-state index in [1.807, 2.05) is 0 Å². The van der Waals surface area contributed by atoms with Crippen molar-refractivity contribution >= 4 is 11.5 Å². The van der Waals surface area contributed by atoms with E-state index in [0.29, 0.717) is 12.4 Å². The Morgan fingerprint density at radius 2 is 2.04 bits per heavy atom. The zero-order valence-electron chi connectivity index (χ0n) is 14.1. The Kier molecular flexibility index (Phi) is 3.96. The number of benzene rings is 1. The van der Waals surface area contributed by atoms with Crippen molar-refractivity contribution in [2.24, 2.45) is 0 Å². The number of hydrogen-bond donors (Lipinski definition) is 1. The van der Waals surface area contributed by atoms with Gasteiger partial charge in [-0.05, 0) is 43.4 Å². The summed E-state index contributed by atoms with van der Waals surface area (Å²) in [6, 6.07) is 6.59. The molecule has 1 aromatic heterocycles. The van der Waals surface area contributed by atoms with Gasteiger partial charge in [0.15, 0.2) is 0 Å². The normalized spacial score (nSPS) is 16.0. The summed E-state index contributed by atoms with van der Waals surface area (Å²) >= 11 is 0. The second-order valence-corrected chi connectivity index (χ2v) is 6.53. The first-order valence-corrected chi connectivity index (χ1v) is 8.83. The number of anilines is 2. The van der Waals surface area contributed by atoms with Crippen LogP contribution in [0.25, 0.3) is 0 Å². The predicted octanol–water partition coefficient (Wildman–Crippen LogP) is 1.97. The van der Waals surface area contributed by atoms with Crippen LogP contribution in [0.2, 0.25) is 0 Å². The zero-order chi connectivity index (χ0) is 16.5. The second-order valence-electron chi connectivity index (χ2n) is 6.53. The maximum Gasteiger partial charge on any atom is 0.296 e. The zero-order valence-corrected chi connectivity index (χ0v) is 14.1. The average molecular weight is 325 g/mol. The van der Waals surface area contributed by atoms with E-state index in [1.54, 1.807) is 4.57 Å². The van der Waals surface area contributed by atoms with Crippen molar-refractivity contribution in [3.63, 3.8) is 0 Å². The molecule has 0 saturated heterocycles. The van der Waals surface area contributed by atoms with E-state index in [1.165, 1.54) is 23.2 Å². The van der Waals surface area contributed by atoms with Crippen molar-refractivity contribution in [2.75, 3.05) is 23.3 Å². The number of nitrogens with zero attached hydrogens (tertiary/aromatic N) is 4. The van der Waals surface area contributed by atoms with Crippen LogP contribution < -0.4 is 15.8 Å². The first-order valence-electron chi connectivity index (χ1n) is 8.83. The maximum atomic E-state index is 12.4. The molecule has 126 valence electrons. The molecule has 24 heavy (non-hydrogen) atoms. The third kappa shape index (κ3) is 2.66. The van der Waals surface area contributed by atoms with Crippen LogP contribution in [-0.4, -0.2) is 27.9 Å². The van der Waals surface area contributed by atoms with Gasteiger partial charge in [-0.2, -0.15) is 0 Å². The summed E-state index contributed by atoms with van der Waals surface area (Å²) in [7, 11) is 0. The van der Waals surface area contributed by atoms with Crippen LogP contribution in [0.1, 0.15) is 36.7 Å². The molecule has 2 aliphatic heterocycles. The summed E-state index contributed by atoms with van der Waals surface area (Å²) in [6.45, 7) is 5.74. The smallest absolute Gasteiger partial charge is 0.296 e. The van der Waals surface area contributed by atoms with Gasteiger partial charge in [-0.15, -0.1) is 10.2 Å². The minimum absolute atomic E-state index is 0.0485. The van der Waals surface area contributed by atoms with Gasteiger partial charge in [0, 0.05) is 38.3 Å². The van der Waals surface area contributed by atoms with Crippen molar-refractivity contribution in [1.29, 1.82) is 0 Å². The number of nitrogens with one attached hydrogen (secondary N) is 1. The molecular formula is C18H23N5O. The highest BCUT2D eigenvalue weighted by Gasteiger charge is 2.18. The first-order chi connectivity index (χ1) is 11.8. The summed E-state index contributed by atoms with van der Waals surface area (Å²) in [5.74, 6) is 1.16. The molecule has 2 aliphatic rings. The average Bonchev–Trinajstić information content (AvgIpc) is 3.10. The van der Waals surface area contributed by atoms with Crippen LogP contribution >= 0.6 is 0 Å². The van der Waals surface area contributed by atoms with Crippen LogP contribution in [0.15, 0.2) is 23.0 Å². The molecule has 1 aromatic carbocycles. The molecule has 4 rings (SSSR count). The molecule has 0 amide bonds. The van der Waals surface area contributed by atoms with Crippen LogP contribution in [0.5, 0.6) is 0 Å². The quantitative estimate of drug-likeness (QED) is 0.931. The fraction of sp³-hybridized carbons (Fsp3) is 0.500. The van der Waals surface area contributed by atoms with Crippen molar-refractivity contribution in [1.82, 2.24) is 14.8 Å². The molecule has 0 saturated carbocycles. The maximum absolute atomic E-state index is 12.4. The lowest BCUT2D eigenvalue weighted by atomic mass is 9.99. The summed E-state index contributed by atoms with van der Waals surface area (Å²) in [4.78, 5) is 14.8. The van der Waals surface area contributed by atoms with E-state index >= 15 is 0 Å². The van der Waals surface area contributed by atoms with Gasteiger partial charge in [-0.25, -0.2) is 0 Å².